The summed E-state index contributed by atoms with van der Waals surface area (Å²) in [5.74, 6) is -0.252. The number of carbonyl (C=O) groups is 1. The van der Waals surface area contributed by atoms with E-state index in [1.54, 1.807) is 6.92 Å². The lowest BCUT2D eigenvalue weighted by atomic mass is 10.3. The summed E-state index contributed by atoms with van der Waals surface area (Å²) in [4.78, 5) is 46.7. The number of rotatable bonds is 5. The molecule has 1 heterocycles. The third-order valence-corrected chi connectivity index (χ3v) is 2.54. The van der Waals surface area contributed by atoms with E-state index in [0.717, 1.165) is 13.7 Å². The van der Waals surface area contributed by atoms with Crippen LogP contribution in [-0.2, 0) is 24.9 Å². The minimum Gasteiger partial charge on any atom is -0.298 e. The SMILES string of the molecule is C=CCn1c(=O)n(C)c(=O)n(CC(=O)CC)c1=O. The third-order valence-electron chi connectivity index (χ3n) is 2.54. The van der Waals surface area contributed by atoms with Crippen LogP contribution in [0.1, 0.15) is 13.3 Å². The van der Waals surface area contributed by atoms with Gasteiger partial charge >= 0.3 is 17.1 Å². The van der Waals surface area contributed by atoms with E-state index in [2.05, 4.69) is 6.58 Å². The van der Waals surface area contributed by atoms with Gasteiger partial charge in [0.25, 0.3) is 0 Å². The Bertz CT molecular complexity index is 648. The smallest absolute Gasteiger partial charge is 0.298 e. The molecule has 7 nitrogen and oxygen atoms in total. The topological polar surface area (TPSA) is 83.1 Å². The zero-order valence-corrected chi connectivity index (χ0v) is 10.4. The Morgan fingerprint density at radius 2 is 1.72 bits per heavy atom. The summed E-state index contributed by atoms with van der Waals surface area (Å²) in [6.45, 7) is 4.74. The van der Waals surface area contributed by atoms with Crippen molar-refractivity contribution in [3.63, 3.8) is 0 Å². The van der Waals surface area contributed by atoms with E-state index in [1.165, 1.54) is 13.1 Å². The molecule has 7 heteroatoms. The molecule has 0 aliphatic carbocycles. The van der Waals surface area contributed by atoms with Crippen LogP contribution in [0.15, 0.2) is 27.0 Å². The van der Waals surface area contributed by atoms with Crippen LogP contribution in [-0.4, -0.2) is 19.5 Å². The Morgan fingerprint density at radius 1 is 1.17 bits per heavy atom. The highest BCUT2D eigenvalue weighted by molar-refractivity contribution is 5.77. The van der Waals surface area contributed by atoms with Crippen LogP contribution in [0.25, 0.3) is 0 Å². The molecule has 0 aliphatic rings. The molecule has 18 heavy (non-hydrogen) atoms. The minimum absolute atomic E-state index is 0.00784. The van der Waals surface area contributed by atoms with E-state index < -0.39 is 17.1 Å². The fourth-order valence-corrected chi connectivity index (χ4v) is 1.46. The summed E-state index contributed by atoms with van der Waals surface area (Å²) in [6, 6.07) is 0. The highest BCUT2D eigenvalue weighted by atomic mass is 16.2. The van der Waals surface area contributed by atoms with Gasteiger partial charge in [-0.05, 0) is 0 Å². The van der Waals surface area contributed by atoms with E-state index in [4.69, 9.17) is 0 Å². The molecule has 0 spiro atoms. The zero-order chi connectivity index (χ0) is 13.9. The van der Waals surface area contributed by atoms with Crippen LogP contribution < -0.4 is 17.1 Å². The van der Waals surface area contributed by atoms with Gasteiger partial charge in [0, 0.05) is 13.5 Å². The lowest BCUT2D eigenvalue weighted by Gasteiger charge is -2.09. The van der Waals surface area contributed by atoms with Crippen molar-refractivity contribution in [3.8, 4) is 0 Å². The molecular weight excluding hydrogens is 238 g/mol. The Balaban J connectivity index is 3.57. The number of hydrogen-bond acceptors (Lipinski definition) is 4. The minimum atomic E-state index is -0.787. The van der Waals surface area contributed by atoms with Gasteiger partial charge in [-0.25, -0.2) is 28.1 Å². The standard InChI is InChI=1S/C11H15N3O4/c1-4-6-13-9(16)12(3)10(17)14(11(13)18)7-8(15)5-2/h4H,1,5-7H2,2-3H3. The summed E-state index contributed by atoms with van der Waals surface area (Å²) in [7, 11) is 1.26. The first-order valence-corrected chi connectivity index (χ1v) is 5.47. The van der Waals surface area contributed by atoms with Gasteiger partial charge in [0.05, 0.1) is 13.1 Å². The molecule has 0 aromatic carbocycles. The van der Waals surface area contributed by atoms with Crippen LogP contribution in [0, 0.1) is 0 Å². The van der Waals surface area contributed by atoms with Crippen LogP contribution in [0.3, 0.4) is 0 Å². The average molecular weight is 253 g/mol. The monoisotopic (exact) mass is 253 g/mol. The van der Waals surface area contributed by atoms with E-state index in [9.17, 15) is 19.2 Å². The van der Waals surface area contributed by atoms with Gasteiger partial charge in [0.2, 0.25) is 0 Å². The summed E-state index contributed by atoms with van der Waals surface area (Å²) in [5.41, 5.74) is -2.29. The molecule has 0 saturated heterocycles. The lowest BCUT2D eigenvalue weighted by molar-refractivity contribution is -0.119. The maximum absolute atomic E-state index is 11.9. The summed E-state index contributed by atoms with van der Waals surface area (Å²) < 4.78 is 2.42. The molecule has 0 amide bonds. The van der Waals surface area contributed by atoms with Gasteiger partial charge in [-0.15, -0.1) is 6.58 Å². The molecule has 98 valence electrons. The Kier molecular flexibility index (Phi) is 4.19. The van der Waals surface area contributed by atoms with Crippen molar-refractivity contribution in [1.82, 2.24) is 13.7 Å². The lowest BCUT2D eigenvalue weighted by Crippen LogP contribution is -2.54. The second-order valence-electron chi connectivity index (χ2n) is 3.78. The van der Waals surface area contributed by atoms with Crippen LogP contribution >= 0.6 is 0 Å². The molecule has 0 fully saturated rings. The number of carbonyl (C=O) groups excluding carboxylic acids is 1. The molecule has 0 radical (unpaired) electrons. The molecule has 0 unspecified atom stereocenters. The van der Waals surface area contributed by atoms with Crippen molar-refractivity contribution in [2.75, 3.05) is 0 Å². The van der Waals surface area contributed by atoms with Crippen LogP contribution in [0.5, 0.6) is 0 Å². The summed E-state index contributed by atoms with van der Waals surface area (Å²) in [5, 5.41) is 0. The highest BCUT2D eigenvalue weighted by Gasteiger charge is 2.13. The van der Waals surface area contributed by atoms with Gasteiger partial charge < -0.3 is 0 Å². The molecule has 0 N–H and O–H groups in total. The summed E-state index contributed by atoms with van der Waals surface area (Å²) in [6.07, 6.45) is 1.59. The van der Waals surface area contributed by atoms with Gasteiger partial charge in [-0.1, -0.05) is 13.0 Å². The van der Waals surface area contributed by atoms with E-state index in [1.807, 2.05) is 0 Å². The second kappa shape index (κ2) is 5.44. The quantitative estimate of drug-likeness (QED) is 0.622. The van der Waals surface area contributed by atoms with Crippen LogP contribution in [0.4, 0.5) is 0 Å². The fraction of sp³-hybridized carbons (Fsp3) is 0.455. The highest BCUT2D eigenvalue weighted by Crippen LogP contribution is 1.83. The van der Waals surface area contributed by atoms with Gasteiger partial charge in [-0.3, -0.25) is 4.79 Å². The normalized spacial score (nSPS) is 10.3. The third kappa shape index (κ3) is 2.39. The molecule has 1 aromatic rings. The molecule has 0 atom stereocenters. The largest absolute Gasteiger partial charge is 0.337 e. The van der Waals surface area contributed by atoms with E-state index in [0.29, 0.717) is 0 Å². The number of allylic oxidation sites excluding steroid dienone is 1. The molecule has 1 aromatic heterocycles. The van der Waals surface area contributed by atoms with Crippen molar-refractivity contribution >= 4 is 5.78 Å². The number of nitrogens with zero attached hydrogens (tertiary/aromatic N) is 3. The van der Waals surface area contributed by atoms with Gasteiger partial charge in [-0.2, -0.15) is 0 Å². The van der Waals surface area contributed by atoms with E-state index in [-0.39, 0.29) is 25.3 Å². The number of aromatic nitrogens is 3. The van der Waals surface area contributed by atoms with Crippen molar-refractivity contribution in [3.05, 3.63) is 44.1 Å². The summed E-state index contributed by atoms with van der Waals surface area (Å²) >= 11 is 0. The van der Waals surface area contributed by atoms with Crippen molar-refractivity contribution in [2.24, 2.45) is 7.05 Å². The fourth-order valence-electron chi connectivity index (χ4n) is 1.46. The molecule has 0 saturated carbocycles. The number of hydrogen-bond donors (Lipinski definition) is 0. The molecule has 1 rings (SSSR count). The van der Waals surface area contributed by atoms with Crippen molar-refractivity contribution in [1.29, 1.82) is 0 Å². The first-order chi connectivity index (χ1) is 8.43. The van der Waals surface area contributed by atoms with Gasteiger partial charge in [0.15, 0.2) is 5.78 Å². The maximum atomic E-state index is 11.9. The second-order valence-corrected chi connectivity index (χ2v) is 3.78. The maximum Gasteiger partial charge on any atom is 0.337 e. The number of Topliss-reactive ketones (excluding diaryl/α,β-unsaturated/α-hetero) is 1. The molecule has 0 bridgehead atoms. The Labute approximate surface area is 103 Å². The predicted octanol–water partition coefficient (Wildman–Crippen LogP) is -1.13. The Hall–Kier alpha value is -2.18. The van der Waals surface area contributed by atoms with Crippen molar-refractivity contribution < 1.29 is 4.79 Å². The van der Waals surface area contributed by atoms with Crippen LogP contribution in [0.2, 0.25) is 0 Å². The predicted molar refractivity (Wildman–Crippen MR) is 65.7 cm³/mol. The van der Waals surface area contributed by atoms with E-state index >= 15 is 0 Å². The van der Waals surface area contributed by atoms with Crippen molar-refractivity contribution in [2.45, 2.75) is 26.4 Å². The first-order valence-electron chi connectivity index (χ1n) is 5.47. The first kappa shape index (κ1) is 13.9. The Morgan fingerprint density at radius 3 is 2.22 bits per heavy atom. The molecule has 0 aliphatic heterocycles. The van der Waals surface area contributed by atoms with Gasteiger partial charge in [0.1, 0.15) is 0 Å². The molecular formula is C11H15N3O4. The average Bonchev–Trinajstić information content (AvgIpc) is 2.37. The zero-order valence-electron chi connectivity index (χ0n) is 10.4. The number of ketones is 1.